The zero-order chi connectivity index (χ0) is 14.1. The van der Waals surface area contributed by atoms with Crippen molar-refractivity contribution in [1.82, 2.24) is 9.97 Å². The Labute approximate surface area is 123 Å². The number of fused-ring (bicyclic) bond motifs is 1. The predicted octanol–water partition coefficient (Wildman–Crippen LogP) is 3.28. The van der Waals surface area contributed by atoms with Crippen LogP contribution in [0.3, 0.4) is 0 Å². The second-order valence-corrected chi connectivity index (χ2v) is 6.83. The van der Waals surface area contributed by atoms with Gasteiger partial charge in [-0.05, 0) is 38.7 Å². The Kier molecular flexibility index (Phi) is 3.76. The molecule has 0 aromatic carbocycles. The smallest absolute Gasteiger partial charge is 0.240 e. The van der Waals surface area contributed by atoms with E-state index in [9.17, 15) is 0 Å². The molecule has 3 rings (SSSR count). The standard InChI is InChI=1S/C14H21N5S/c1-8-7-11-12(16-9(2)10-5-3-4-6-10)17-14(19-15)18-13(11)20-8/h7,9-10H,3-6,15H2,1-2H3,(H2,16,17,18,19). The Morgan fingerprint density at radius 1 is 1.35 bits per heavy atom. The highest BCUT2D eigenvalue weighted by Crippen LogP contribution is 2.33. The molecule has 2 heterocycles. The van der Waals surface area contributed by atoms with E-state index < -0.39 is 0 Å². The molecule has 1 aliphatic rings. The summed E-state index contributed by atoms with van der Waals surface area (Å²) in [4.78, 5) is 11.1. The molecule has 1 saturated carbocycles. The molecule has 0 saturated heterocycles. The molecule has 0 radical (unpaired) electrons. The molecule has 6 heteroatoms. The second kappa shape index (κ2) is 5.54. The fraction of sp³-hybridized carbons (Fsp3) is 0.571. The van der Waals surface area contributed by atoms with Crippen LogP contribution in [0.1, 0.15) is 37.5 Å². The fourth-order valence-electron chi connectivity index (χ4n) is 3.01. The van der Waals surface area contributed by atoms with Gasteiger partial charge in [-0.1, -0.05) is 12.8 Å². The van der Waals surface area contributed by atoms with Crippen LogP contribution in [0.25, 0.3) is 10.2 Å². The molecule has 1 fully saturated rings. The van der Waals surface area contributed by atoms with Gasteiger partial charge in [0.2, 0.25) is 5.95 Å². The van der Waals surface area contributed by atoms with Crippen molar-refractivity contribution in [1.29, 1.82) is 0 Å². The molecule has 1 atom stereocenters. The fourth-order valence-corrected chi connectivity index (χ4v) is 3.89. The van der Waals surface area contributed by atoms with Gasteiger partial charge in [0.05, 0.1) is 5.39 Å². The lowest BCUT2D eigenvalue weighted by atomic mass is 10.00. The zero-order valence-electron chi connectivity index (χ0n) is 11.9. The van der Waals surface area contributed by atoms with Gasteiger partial charge in [0.25, 0.3) is 0 Å². The van der Waals surface area contributed by atoms with Crippen LogP contribution in [0.4, 0.5) is 11.8 Å². The van der Waals surface area contributed by atoms with Crippen LogP contribution in [0.2, 0.25) is 0 Å². The van der Waals surface area contributed by atoms with Crippen molar-refractivity contribution < 1.29 is 0 Å². The summed E-state index contributed by atoms with van der Waals surface area (Å²) in [6.07, 6.45) is 5.33. The third-order valence-electron chi connectivity index (χ3n) is 4.12. The van der Waals surface area contributed by atoms with Crippen LogP contribution in [-0.2, 0) is 0 Å². The third-order valence-corrected chi connectivity index (χ3v) is 5.06. The number of anilines is 2. The van der Waals surface area contributed by atoms with Gasteiger partial charge < -0.3 is 5.32 Å². The van der Waals surface area contributed by atoms with Crippen LogP contribution in [0, 0.1) is 12.8 Å². The molecule has 20 heavy (non-hydrogen) atoms. The van der Waals surface area contributed by atoms with Crippen molar-refractivity contribution in [2.75, 3.05) is 10.7 Å². The summed E-state index contributed by atoms with van der Waals surface area (Å²) in [7, 11) is 0. The number of hydrazine groups is 1. The molecule has 5 nitrogen and oxygen atoms in total. The summed E-state index contributed by atoms with van der Waals surface area (Å²) in [5, 5.41) is 4.67. The van der Waals surface area contributed by atoms with E-state index in [0.29, 0.717) is 12.0 Å². The van der Waals surface area contributed by atoms with Gasteiger partial charge in [-0.3, -0.25) is 5.43 Å². The average Bonchev–Trinajstić information content (AvgIpc) is 3.06. The number of aromatic nitrogens is 2. The normalized spacial score (nSPS) is 17.6. The first-order chi connectivity index (χ1) is 9.67. The van der Waals surface area contributed by atoms with E-state index in [1.165, 1.54) is 30.6 Å². The molecule has 2 aromatic rings. The number of hydrogen-bond acceptors (Lipinski definition) is 6. The quantitative estimate of drug-likeness (QED) is 0.595. The predicted molar refractivity (Wildman–Crippen MR) is 85.0 cm³/mol. The second-order valence-electron chi connectivity index (χ2n) is 5.59. The van der Waals surface area contributed by atoms with Crippen LogP contribution < -0.4 is 16.6 Å². The van der Waals surface area contributed by atoms with E-state index in [2.05, 4.69) is 40.6 Å². The molecule has 0 bridgehead atoms. The SMILES string of the molecule is Cc1cc2c(NC(C)C3CCCC3)nc(NN)nc2s1. The minimum atomic E-state index is 0.432. The Bertz CT molecular complexity index is 603. The maximum absolute atomic E-state index is 5.47. The van der Waals surface area contributed by atoms with Crippen molar-refractivity contribution in [2.45, 2.75) is 45.6 Å². The highest BCUT2D eigenvalue weighted by atomic mass is 32.1. The van der Waals surface area contributed by atoms with E-state index in [-0.39, 0.29) is 0 Å². The number of aryl methyl sites for hydroxylation is 1. The van der Waals surface area contributed by atoms with E-state index in [0.717, 1.165) is 22.0 Å². The number of hydrogen-bond donors (Lipinski definition) is 3. The first-order valence-corrected chi connectivity index (χ1v) is 8.00. The summed E-state index contributed by atoms with van der Waals surface area (Å²) in [5.41, 5.74) is 2.56. The number of nitrogens with two attached hydrogens (primary N) is 1. The summed E-state index contributed by atoms with van der Waals surface area (Å²) in [6.45, 7) is 4.34. The Hall–Kier alpha value is -1.40. The number of thiophene rings is 1. The van der Waals surface area contributed by atoms with Crippen molar-refractivity contribution in [2.24, 2.45) is 11.8 Å². The summed E-state index contributed by atoms with van der Waals surface area (Å²) in [5.74, 6) is 7.58. The van der Waals surface area contributed by atoms with Gasteiger partial charge in [-0.2, -0.15) is 4.98 Å². The highest BCUT2D eigenvalue weighted by molar-refractivity contribution is 7.18. The molecule has 0 spiro atoms. The molecular weight excluding hydrogens is 270 g/mol. The largest absolute Gasteiger partial charge is 0.367 e. The zero-order valence-corrected chi connectivity index (χ0v) is 12.8. The minimum absolute atomic E-state index is 0.432. The van der Waals surface area contributed by atoms with Crippen LogP contribution in [0.15, 0.2) is 6.07 Å². The summed E-state index contributed by atoms with van der Waals surface area (Å²) >= 11 is 1.67. The van der Waals surface area contributed by atoms with Crippen molar-refractivity contribution in [3.8, 4) is 0 Å². The number of rotatable bonds is 4. The maximum Gasteiger partial charge on any atom is 0.240 e. The third kappa shape index (κ3) is 2.58. The van der Waals surface area contributed by atoms with Gasteiger partial charge in [-0.25, -0.2) is 10.8 Å². The van der Waals surface area contributed by atoms with Crippen molar-refractivity contribution in [3.63, 3.8) is 0 Å². The van der Waals surface area contributed by atoms with Gasteiger partial charge in [-0.15, -0.1) is 11.3 Å². The Morgan fingerprint density at radius 2 is 2.10 bits per heavy atom. The minimum Gasteiger partial charge on any atom is -0.367 e. The molecule has 4 N–H and O–H groups in total. The lowest BCUT2D eigenvalue weighted by Crippen LogP contribution is -2.25. The molecular formula is C14H21N5S. The lowest BCUT2D eigenvalue weighted by molar-refractivity contribution is 0.481. The molecule has 0 aliphatic heterocycles. The van der Waals surface area contributed by atoms with Crippen molar-refractivity contribution in [3.05, 3.63) is 10.9 Å². The number of nitrogens with zero attached hydrogens (tertiary/aromatic N) is 2. The monoisotopic (exact) mass is 291 g/mol. The highest BCUT2D eigenvalue weighted by Gasteiger charge is 2.22. The van der Waals surface area contributed by atoms with Crippen LogP contribution >= 0.6 is 11.3 Å². The van der Waals surface area contributed by atoms with E-state index in [4.69, 9.17) is 5.84 Å². The van der Waals surface area contributed by atoms with Gasteiger partial charge >= 0.3 is 0 Å². The van der Waals surface area contributed by atoms with Crippen LogP contribution in [-0.4, -0.2) is 16.0 Å². The first-order valence-electron chi connectivity index (χ1n) is 7.18. The van der Waals surface area contributed by atoms with E-state index in [1.54, 1.807) is 11.3 Å². The molecule has 0 amide bonds. The molecule has 2 aromatic heterocycles. The van der Waals surface area contributed by atoms with Gasteiger partial charge in [0.15, 0.2) is 0 Å². The van der Waals surface area contributed by atoms with E-state index >= 15 is 0 Å². The first kappa shape index (κ1) is 13.6. The molecule has 1 aliphatic carbocycles. The summed E-state index contributed by atoms with van der Waals surface area (Å²) < 4.78 is 0. The van der Waals surface area contributed by atoms with Crippen LogP contribution in [0.5, 0.6) is 0 Å². The maximum atomic E-state index is 5.47. The number of nitrogens with one attached hydrogen (secondary N) is 2. The summed E-state index contributed by atoms with van der Waals surface area (Å²) in [6, 6.07) is 2.57. The topological polar surface area (TPSA) is 75.9 Å². The van der Waals surface area contributed by atoms with Gasteiger partial charge in [0, 0.05) is 10.9 Å². The van der Waals surface area contributed by atoms with Crippen molar-refractivity contribution >= 4 is 33.3 Å². The molecule has 108 valence electrons. The Balaban J connectivity index is 1.92. The lowest BCUT2D eigenvalue weighted by Gasteiger charge is -2.21. The van der Waals surface area contributed by atoms with E-state index in [1.807, 2.05) is 0 Å². The Morgan fingerprint density at radius 3 is 2.80 bits per heavy atom. The molecule has 1 unspecified atom stereocenters. The number of nitrogen functional groups attached to an aromatic ring is 1. The average molecular weight is 291 g/mol. The van der Waals surface area contributed by atoms with Gasteiger partial charge in [0.1, 0.15) is 10.6 Å².